The highest BCUT2D eigenvalue weighted by Crippen LogP contribution is 2.47. The van der Waals surface area contributed by atoms with E-state index in [-0.39, 0.29) is 17.4 Å². The molecule has 2 aromatic rings. The molecule has 2 aliphatic heterocycles. The predicted octanol–water partition coefficient (Wildman–Crippen LogP) is 3.02. The second-order valence-corrected chi connectivity index (χ2v) is 10.3. The number of halogens is 1. The number of epoxide rings is 1. The molecule has 3 heterocycles. The topological polar surface area (TPSA) is 125 Å². The van der Waals surface area contributed by atoms with E-state index in [0.29, 0.717) is 10.9 Å². The van der Waals surface area contributed by atoms with Gasteiger partial charge in [-0.05, 0) is 53.7 Å². The smallest absolute Gasteiger partial charge is 0.341 e. The lowest BCUT2D eigenvalue weighted by molar-refractivity contribution is -0.201. The van der Waals surface area contributed by atoms with Crippen molar-refractivity contribution in [1.29, 1.82) is 0 Å². The third kappa shape index (κ3) is 4.06. The number of hydrogen-bond acceptors (Lipinski definition) is 9. The Bertz CT molecular complexity index is 1210. The molecule has 0 saturated carbocycles. The molecule has 0 spiro atoms. The number of hydrogen-bond donors (Lipinski definition) is 1. The molecular formula is C24H27ClO9. The first-order valence-electron chi connectivity index (χ1n) is 10.9. The normalized spacial score (nSPS) is 29.8. The van der Waals surface area contributed by atoms with Gasteiger partial charge in [-0.25, -0.2) is 14.4 Å². The Kier molecular flexibility index (Phi) is 5.74. The maximum Gasteiger partial charge on any atom is 0.341 e. The van der Waals surface area contributed by atoms with E-state index in [0.717, 1.165) is 0 Å². The number of alkyl halides is 1. The molecule has 9 nitrogen and oxygen atoms in total. The molecule has 0 bridgehead atoms. The molecule has 1 saturated heterocycles. The second kappa shape index (κ2) is 7.96. The Labute approximate surface area is 200 Å². The fourth-order valence-corrected chi connectivity index (χ4v) is 3.89. The van der Waals surface area contributed by atoms with E-state index in [4.69, 9.17) is 35.0 Å². The first-order valence-corrected chi connectivity index (χ1v) is 11.3. The highest BCUT2D eigenvalue weighted by atomic mass is 35.5. The van der Waals surface area contributed by atoms with Gasteiger partial charge in [0.25, 0.3) is 0 Å². The number of fused-ring (bicyclic) bond motifs is 2. The minimum Gasteiger partial charge on any atom is -0.483 e. The Morgan fingerprint density at radius 1 is 1.21 bits per heavy atom. The van der Waals surface area contributed by atoms with Gasteiger partial charge in [-0.15, -0.1) is 11.6 Å². The standard InChI is InChI=1S/C24H27ClO9/c1-11(25)23(5,29)20(27)31-18-14-9-13-7-8-17(26)30-15(13)10-16(14)34-22(3,4)19(18)32-21(28)24(6)12(2)33-24/h7-12,18-19,29H,1-6H3/t11-,12+,18-,19-,23-,24-/m0/s1. The molecule has 0 aliphatic carbocycles. The lowest BCUT2D eigenvalue weighted by Gasteiger charge is -2.44. The summed E-state index contributed by atoms with van der Waals surface area (Å²) in [6, 6.07) is 5.95. The van der Waals surface area contributed by atoms with Crippen molar-refractivity contribution >= 4 is 34.5 Å². The zero-order valence-corrected chi connectivity index (χ0v) is 20.5. The summed E-state index contributed by atoms with van der Waals surface area (Å²) in [5.41, 5.74) is -4.19. The average Bonchev–Trinajstić information content (AvgIpc) is 3.36. The largest absolute Gasteiger partial charge is 0.483 e. The van der Waals surface area contributed by atoms with Crippen molar-refractivity contribution in [2.45, 2.75) is 82.0 Å². The molecule has 1 aromatic heterocycles. The van der Waals surface area contributed by atoms with Crippen LogP contribution in [0.25, 0.3) is 11.0 Å². The van der Waals surface area contributed by atoms with E-state index < -0.39 is 52.0 Å². The molecule has 1 fully saturated rings. The molecule has 0 radical (unpaired) electrons. The van der Waals surface area contributed by atoms with E-state index >= 15 is 0 Å². The Hall–Kier alpha value is -2.62. The van der Waals surface area contributed by atoms with Crippen LogP contribution in [0.3, 0.4) is 0 Å². The first-order chi connectivity index (χ1) is 15.7. The Balaban J connectivity index is 1.81. The van der Waals surface area contributed by atoms with Crippen molar-refractivity contribution in [3.63, 3.8) is 0 Å². The maximum atomic E-state index is 13.0. The van der Waals surface area contributed by atoms with Crippen LogP contribution in [0.4, 0.5) is 0 Å². The van der Waals surface area contributed by atoms with Crippen LogP contribution in [0.2, 0.25) is 0 Å². The summed E-state index contributed by atoms with van der Waals surface area (Å²) >= 11 is 6.02. The van der Waals surface area contributed by atoms with E-state index in [1.165, 1.54) is 26.0 Å². The van der Waals surface area contributed by atoms with Crippen LogP contribution in [-0.2, 0) is 23.8 Å². The SMILES string of the molecule is C[C@H](Cl)[C@](C)(O)C(=O)O[C@H]1c2cc3ccc(=O)oc3cc2OC(C)(C)[C@H]1OC(=O)[C@@]1(C)O[C@@H]1C. The number of esters is 2. The third-order valence-electron chi connectivity index (χ3n) is 6.59. The monoisotopic (exact) mass is 494 g/mol. The molecule has 6 atom stereocenters. The lowest BCUT2D eigenvalue weighted by Crippen LogP contribution is -2.54. The molecule has 1 aromatic carbocycles. The van der Waals surface area contributed by atoms with Crippen molar-refractivity contribution in [2.75, 3.05) is 0 Å². The van der Waals surface area contributed by atoms with Gasteiger partial charge < -0.3 is 28.5 Å². The van der Waals surface area contributed by atoms with Gasteiger partial charge in [0.1, 0.15) is 16.9 Å². The zero-order chi connectivity index (χ0) is 25.2. The number of ether oxygens (including phenoxy) is 4. The van der Waals surface area contributed by atoms with E-state index in [9.17, 15) is 19.5 Å². The maximum absolute atomic E-state index is 13.0. The van der Waals surface area contributed by atoms with Gasteiger partial charge in [0.15, 0.2) is 23.4 Å². The van der Waals surface area contributed by atoms with Gasteiger partial charge >= 0.3 is 17.6 Å². The Morgan fingerprint density at radius 3 is 2.44 bits per heavy atom. The summed E-state index contributed by atoms with van der Waals surface area (Å²) in [5, 5.41) is 10.2. The van der Waals surface area contributed by atoms with Crippen LogP contribution in [0.1, 0.15) is 53.2 Å². The van der Waals surface area contributed by atoms with Crippen molar-refractivity contribution in [1.82, 2.24) is 0 Å². The minimum absolute atomic E-state index is 0.275. The summed E-state index contributed by atoms with van der Waals surface area (Å²) in [6.45, 7) is 9.40. The predicted molar refractivity (Wildman–Crippen MR) is 121 cm³/mol. The fourth-order valence-electron chi connectivity index (χ4n) is 3.80. The summed E-state index contributed by atoms with van der Waals surface area (Å²) in [4.78, 5) is 37.6. The van der Waals surface area contributed by atoms with Crippen LogP contribution >= 0.6 is 11.6 Å². The Morgan fingerprint density at radius 2 is 1.85 bits per heavy atom. The molecule has 1 N–H and O–H groups in total. The van der Waals surface area contributed by atoms with Gasteiger partial charge in [-0.1, -0.05) is 0 Å². The number of rotatable bonds is 5. The summed E-state index contributed by atoms with van der Waals surface area (Å²) in [6.07, 6.45) is -2.59. The molecule has 10 heteroatoms. The summed E-state index contributed by atoms with van der Waals surface area (Å²) < 4.78 is 28.4. The highest BCUT2D eigenvalue weighted by molar-refractivity contribution is 6.22. The second-order valence-electron chi connectivity index (χ2n) is 9.67. The molecular weight excluding hydrogens is 468 g/mol. The van der Waals surface area contributed by atoms with E-state index in [1.807, 2.05) is 0 Å². The van der Waals surface area contributed by atoms with Crippen LogP contribution in [0.5, 0.6) is 5.75 Å². The van der Waals surface area contributed by atoms with Gasteiger partial charge in [0.2, 0.25) is 0 Å². The van der Waals surface area contributed by atoms with Crippen LogP contribution in [0.15, 0.2) is 33.5 Å². The van der Waals surface area contributed by atoms with Crippen LogP contribution < -0.4 is 10.4 Å². The van der Waals surface area contributed by atoms with Gasteiger partial charge in [-0.2, -0.15) is 0 Å². The van der Waals surface area contributed by atoms with Gasteiger partial charge in [0.05, 0.1) is 11.5 Å². The number of aliphatic hydroxyl groups is 1. The molecule has 0 amide bonds. The molecule has 0 unspecified atom stereocenters. The number of carbonyl (C=O) groups excluding carboxylic acids is 2. The van der Waals surface area contributed by atoms with Gasteiger partial charge in [0, 0.05) is 23.1 Å². The van der Waals surface area contributed by atoms with Gasteiger partial charge in [-0.3, -0.25) is 0 Å². The zero-order valence-electron chi connectivity index (χ0n) is 19.7. The minimum atomic E-state index is -2.01. The fraction of sp³-hybridized carbons (Fsp3) is 0.542. The molecule has 34 heavy (non-hydrogen) atoms. The van der Waals surface area contributed by atoms with Crippen LogP contribution in [-0.4, -0.2) is 51.4 Å². The highest BCUT2D eigenvalue weighted by Gasteiger charge is 2.60. The van der Waals surface area contributed by atoms with E-state index in [2.05, 4.69) is 0 Å². The van der Waals surface area contributed by atoms with Crippen LogP contribution in [0, 0.1) is 0 Å². The number of carbonyl (C=O) groups is 2. The van der Waals surface area contributed by atoms with Crippen molar-refractivity contribution in [3.8, 4) is 5.75 Å². The summed E-state index contributed by atoms with van der Waals surface area (Å²) in [7, 11) is 0. The first kappa shape index (κ1) is 24.5. The molecule has 2 aliphatic rings. The molecule has 4 rings (SSSR count). The van der Waals surface area contributed by atoms with E-state index in [1.54, 1.807) is 39.8 Å². The average molecular weight is 495 g/mol. The summed E-state index contributed by atoms with van der Waals surface area (Å²) in [5.74, 6) is -1.35. The van der Waals surface area contributed by atoms with Crippen molar-refractivity contribution in [3.05, 3.63) is 40.2 Å². The third-order valence-corrected chi connectivity index (χ3v) is 7.02. The lowest BCUT2D eigenvalue weighted by atomic mass is 9.87. The molecule has 184 valence electrons. The quantitative estimate of drug-likeness (QED) is 0.289. The van der Waals surface area contributed by atoms with Crippen molar-refractivity contribution in [2.24, 2.45) is 0 Å². The number of benzene rings is 1. The van der Waals surface area contributed by atoms with Crippen molar-refractivity contribution < 1.29 is 38.1 Å².